The van der Waals surface area contributed by atoms with Crippen LogP contribution in [0.4, 0.5) is 11.4 Å². The van der Waals surface area contributed by atoms with Gasteiger partial charge in [-0.2, -0.15) is 0 Å². The molecule has 1 aliphatic rings. The van der Waals surface area contributed by atoms with E-state index in [0.29, 0.717) is 16.8 Å². The van der Waals surface area contributed by atoms with Gasteiger partial charge in [-0.15, -0.1) is 0 Å². The van der Waals surface area contributed by atoms with Crippen LogP contribution in [-0.2, 0) is 4.79 Å². The number of carbonyl (C=O) groups excluding carboxylic acids is 1. The van der Waals surface area contributed by atoms with Crippen LogP contribution < -0.4 is 10.6 Å². The molecule has 3 N–H and O–H groups in total. The molecule has 1 aromatic rings. The van der Waals surface area contributed by atoms with E-state index in [1.807, 2.05) is 12.1 Å². The molecular weight excluding hydrogens is 264 g/mol. The van der Waals surface area contributed by atoms with E-state index in [1.54, 1.807) is 6.07 Å². The van der Waals surface area contributed by atoms with Crippen molar-refractivity contribution < 1.29 is 9.90 Å². The largest absolute Gasteiger partial charge is 0.393 e. The number of carbonyl (C=O) groups is 1. The molecule has 19 heavy (non-hydrogen) atoms. The van der Waals surface area contributed by atoms with Crippen LogP contribution >= 0.6 is 11.6 Å². The molecule has 0 saturated heterocycles. The molecule has 0 bridgehead atoms. The summed E-state index contributed by atoms with van der Waals surface area (Å²) in [6.07, 6.45) is 3.47. The van der Waals surface area contributed by atoms with Gasteiger partial charge in [0.1, 0.15) is 0 Å². The number of benzene rings is 1. The Balaban J connectivity index is 1.98. The lowest BCUT2D eigenvalue weighted by atomic mass is 9.93. The van der Waals surface area contributed by atoms with Gasteiger partial charge < -0.3 is 15.7 Å². The first-order valence-corrected chi connectivity index (χ1v) is 6.94. The number of nitrogens with one attached hydrogen (secondary N) is 2. The second-order valence-electron chi connectivity index (χ2n) is 5.03. The zero-order valence-electron chi connectivity index (χ0n) is 10.9. The van der Waals surface area contributed by atoms with Gasteiger partial charge in [0.25, 0.3) is 0 Å². The van der Waals surface area contributed by atoms with Crippen molar-refractivity contribution in [3.8, 4) is 0 Å². The highest BCUT2D eigenvalue weighted by Crippen LogP contribution is 2.28. The lowest BCUT2D eigenvalue weighted by Crippen LogP contribution is -2.28. The lowest BCUT2D eigenvalue weighted by molar-refractivity contribution is -0.114. The van der Waals surface area contributed by atoms with E-state index >= 15 is 0 Å². The molecule has 104 valence electrons. The third kappa shape index (κ3) is 4.11. The van der Waals surface area contributed by atoms with Gasteiger partial charge in [-0.05, 0) is 43.9 Å². The predicted molar refractivity (Wildman–Crippen MR) is 77.6 cm³/mol. The molecule has 1 saturated carbocycles. The zero-order chi connectivity index (χ0) is 13.8. The average molecular weight is 283 g/mol. The average Bonchev–Trinajstić information content (AvgIpc) is 2.35. The molecule has 2 rings (SSSR count). The van der Waals surface area contributed by atoms with E-state index in [0.717, 1.165) is 31.4 Å². The predicted octanol–water partition coefficient (Wildman–Crippen LogP) is 3.01. The minimum atomic E-state index is -0.149. The van der Waals surface area contributed by atoms with Crippen molar-refractivity contribution in [3.05, 3.63) is 23.2 Å². The maximum absolute atomic E-state index is 11.0. The quantitative estimate of drug-likeness (QED) is 0.799. The molecular formula is C14H19ClN2O2. The highest BCUT2D eigenvalue weighted by atomic mass is 35.5. The summed E-state index contributed by atoms with van der Waals surface area (Å²) in [7, 11) is 0. The maximum Gasteiger partial charge on any atom is 0.221 e. The number of hydrogen-bond acceptors (Lipinski definition) is 3. The van der Waals surface area contributed by atoms with Crippen LogP contribution in [0.5, 0.6) is 0 Å². The number of hydrogen-bond donors (Lipinski definition) is 3. The first-order chi connectivity index (χ1) is 9.04. The smallest absolute Gasteiger partial charge is 0.221 e. The topological polar surface area (TPSA) is 61.4 Å². The third-order valence-electron chi connectivity index (χ3n) is 3.35. The fourth-order valence-electron chi connectivity index (χ4n) is 2.35. The first kappa shape index (κ1) is 14.2. The van der Waals surface area contributed by atoms with Crippen molar-refractivity contribution in [2.24, 2.45) is 0 Å². The fourth-order valence-corrected chi connectivity index (χ4v) is 2.58. The standard InChI is InChI=1S/C14H19ClN2O2/c1-9(18)16-14-7-4-11(8-13(14)15)17-10-2-5-12(19)6-3-10/h4,7-8,10,12,17,19H,2-3,5-6H2,1H3,(H,16,18). The Bertz CT molecular complexity index is 457. The molecule has 0 aromatic heterocycles. The van der Waals surface area contributed by atoms with Gasteiger partial charge >= 0.3 is 0 Å². The van der Waals surface area contributed by atoms with Crippen molar-refractivity contribution in [2.45, 2.75) is 44.8 Å². The zero-order valence-corrected chi connectivity index (χ0v) is 11.7. The van der Waals surface area contributed by atoms with Crippen molar-refractivity contribution in [1.29, 1.82) is 0 Å². The van der Waals surface area contributed by atoms with Crippen LogP contribution in [-0.4, -0.2) is 23.2 Å². The number of anilines is 2. The van der Waals surface area contributed by atoms with Crippen molar-refractivity contribution in [1.82, 2.24) is 0 Å². The highest BCUT2D eigenvalue weighted by molar-refractivity contribution is 6.34. The van der Waals surface area contributed by atoms with Gasteiger partial charge in [-0.1, -0.05) is 11.6 Å². The molecule has 0 heterocycles. The van der Waals surface area contributed by atoms with Gasteiger partial charge in [0.15, 0.2) is 0 Å². The van der Waals surface area contributed by atoms with E-state index in [1.165, 1.54) is 6.92 Å². The van der Waals surface area contributed by atoms with E-state index in [4.69, 9.17) is 11.6 Å². The third-order valence-corrected chi connectivity index (χ3v) is 3.66. The Morgan fingerprint density at radius 2 is 2.00 bits per heavy atom. The fraction of sp³-hybridized carbons (Fsp3) is 0.500. The molecule has 0 unspecified atom stereocenters. The van der Waals surface area contributed by atoms with Gasteiger partial charge in [0.2, 0.25) is 5.91 Å². The van der Waals surface area contributed by atoms with Crippen LogP contribution in [0.2, 0.25) is 5.02 Å². The number of rotatable bonds is 3. The van der Waals surface area contributed by atoms with Crippen LogP contribution in [0.25, 0.3) is 0 Å². The Morgan fingerprint density at radius 1 is 1.32 bits per heavy atom. The summed E-state index contributed by atoms with van der Waals surface area (Å²) in [5.41, 5.74) is 1.57. The molecule has 1 aromatic carbocycles. The second-order valence-corrected chi connectivity index (χ2v) is 5.43. The summed E-state index contributed by atoms with van der Waals surface area (Å²) in [5.74, 6) is -0.135. The molecule has 0 aliphatic heterocycles. The van der Waals surface area contributed by atoms with Crippen molar-refractivity contribution >= 4 is 28.9 Å². The van der Waals surface area contributed by atoms with Crippen LogP contribution in [0, 0.1) is 0 Å². The van der Waals surface area contributed by atoms with Crippen LogP contribution in [0.3, 0.4) is 0 Å². The summed E-state index contributed by atoms with van der Waals surface area (Å²) in [6.45, 7) is 1.45. The number of aliphatic hydroxyl groups is 1. The molecule has 0 atom stereocenters. The summed E-state index contributed by atoms with van der Waals surface area (Å²) in [6, 6.07) is 5.90. The lowest BCUT2D eigenvalue weighted by Gasteiger charge is -2.27. The van der Waals surface area contributed by atoms with Gasteiger partial charge in [0.05, 0.1) is 16.8 Å². The highest BCUT2D eigenvalue weighted by Gasteiger charge is 2.19. The molecule has 1 aliphatic carbocycles. The van der Waals surface area contributed by atoms with Crippen molar-refractivity contribution in [3.63, 3.8) is 0 Å². The first-order valence-electron chi connectivity index (χ1n) is 6.56. The maximum atomic E-state index is 11.0. The molecule has 1 fully saturated rings. The van der Waals surface area contributed by atoms with Gasteiger partial charge in [-0.25, -0.2) is 0 Å². The minimum absolute atomic E-state index is 0.135. The summed E-state index contributed by atoms with van der Waals surface area (Å²) < 4.78 is 0. The Morgan fingerprint density at radius 3 is 2.58 bits per heavy atom. The van der Waals surface area contributed by atoms with E-state index in [-0.39, 0.29) is 12.0 Å². The molecule has 5 heteroatoms. The molecule has 0 radical (unpaired) electrons. The Kier molecular flexibility index (Phi) is 4.66. The molecule has 0 spiro atoms. The van der Waals surface area contributed by atoms with E-state index in [2.05, 4.69) is 10.6 Å². The minimum Gasteiger partial charge on any atom is -0.393 e. The summed E-state index contributed by atoms with van der Waals surface area (Å²) in [4.78, 5) is 11.0. The van der Waals surface area contributed by atoms with Crippen LogP contribution in [0.15, 0.2) is 18.2 Å². The normalized spacial score (nSPS) is 22.9. The van der Waals surface area contributed by atoms with Crippen LogP contribution in [0.1, 0.15) is 32.6 Å². The second kappa shape index (κ2) is 6.26. The number of aliphatic hydroxyl groups excluding tert-OH is 1. The number of halogens is 1. The molecule has 1 amide bonds. The number of amides is 1. The van der Waals surface area contributed by atoms with Crippen molar-refractivity contribution in [2.75, 3.05) is 10.6 Å². The SMILES string of the molecule is CC(=O)Nc1ccc(NC2CCC(O)CC2)cc1Cl. The van der Waals surface area contributed by atoms with E-state index < -0.39 is 0 Å². The summed E-state index contributed by atoms with van der Waals surface area (Å²) in [5, 5.41) is 16.1. The van der Waals surface area contributed by atoms with Gasteiger partial charge in [-0.3, -0.25) is 4.79 Å². The Labute approximate surface area is 118 Å². The summed E-state index contributed by atoms with van der Waals surface area (Å²) >= 11 is 6.12. The Hall–Kier alpha value is -1.26. The molecule has 4 nitrogen and oxygen atoms in total. The van der Waals surface area contributed by atoms with E-state index in [9.17, 15) is 9.90 Å². The van der Waals surface area contributed by atoms with Gasteiger partial charge in [0, 0.05) is 18.7 Å². The monoisotopic (exact) mass is 282 g/mol.